The summed E-state index contributed by atoms with van der Waals surface area (Å²) >= 11 is 3.00. The van der Waals surface area contributed by atoms with E-state index in [1.54, 1.807) is 0 Å². The lowest BCUT2D eigenvalue weighted by Gasteiger charge is -2.07. The van der Waals surface area contributed by atoms with Crippen LogP contribution in [0.2, 0.25) is 0 Å². The number of H-pyrrole nitrogens is 1. The van der Waals surface area contributed by atoms with E-state index in [0.717, 1.165) is 0 Å². The van der Waals surface area contributed by atoms with Crippen molar-refractivity contribution in [2.75, 3.05) is 6.61 Å². The molecule has 6 heteroatoms. The van der Waals surface area contributed by atoms with E-state index in [0.29, 0.717) is 0 Å². The topological polar surface area (TPSA) is 73.3 Å². The van der Waals surface area contributed by atoms with Crippen LogP contribution in [0.15, 0.2) is 21.4 Å². The first-order valence-corrected chi connectivity index (χ1v) is 5.68. The molecule has 0 bridgehead atoms. The molecule has 0 unspecified atom stereocenters. The van der Waals surface area contributed by atoms with E-state index in [4.69, 9.17) is 5.11 Å². The van der Waals surface area contributed by atoms with Crippen molar-refractivity contribution >= 4 is 26.8 Å². The van der Waals surface area contributed by atoms with Crippen molar-refractivity contribution in [3.05, 3.63) is 38.3 Å². The number of aromatic amines is 1. The van der Waals surface area contributed by atoms with Gasteiger partial charge in [-0.05, 0) is 28.1 Å². The molecule has 2 aromatic rings. The molecule has 1 aromatic heterocycles. The summed E-state index contributed by atoms with van der Waals surface area (Å²) in [5, 5.41) is 18.9. The maximum Gasteiger partial charge on any atom is 0.255 e. The molecule has 4 nitrogen and oxygen atoms in total. The zero-order valence-corrected chi connectivity index (χ0v) is 10.2. The first-order chi connectivity index (χ1) is 8.06. The van der Waals surface area contributed by atoms with Gasteiger partial charge in [-0.15, -0.1) is 0 Å². The number of rotatable bonds is 2. The SMILES string of the molecule is O=c1[nH]c2c(F)c(Br)ccc2c(O)c1CCO. The quantitative estimate of drug-likeness (QED) is 0.790. The van der Waals surface area contributed by atoms with Crippen molar-refractivity contribution in [2.45, 2.75) is 6.42 Å². The third kappa shape index (κ3) is 1.94. The minimum atomic E-state index is -0.634. The number of hydrogen-bond acceptors (Lipinski definition) is 3. The zero-order chi connectivity index (χ0) is 12.6. The van der Waals surface area contributed by atoms with Crippen LogP contribution in [0.5, 0.6) is 5.75 Å². The number of aromatic nitrogens is 1. The summed E-state index contributed by atoms with van der Waals surface area (Å²) in [5.41, 5.74) is -0.591. The number of nitrogens with one attached hydrogen (secondary N) is 1. The third-order valence-electron chi connectivity index (χ3n) is 2.51. The predicted octanol–water partition coefficient (Wildman–Crippen LogP) is 1.67. The lowest BCUT2D eigenvalue weighted by molar-refractivity contribution is 0.297. The summed E-state index contributed by atoms with van der Waals surface area (Å²) in [7, 11) is 0. The maximum absolute atomic E-state index is 13.7. The van der Waals surface area contributed by atoms with E-state index in [9.17, 15) is 14.3 Å². The fourth-order valence-electron chi connectivity index (χ4n) is 1.67. The van der Waals surface area contributed by atoms with E-state index in [1.807, 2.05) is 0 Å². The summed E-state index contributed by atoms with van der Waals surface area (Å²) < 4.78 is 13.9. The van der Waals surface area contributed by atoms with Crippen molar-refractivity contribution in [2.24, 2.45) is 0 Å². The van der Waals surface area contributed by atoms with Crippen LogP contribution in [0.1, 0.15) is 5.56 Å². The Bertz CT molecular complexity index is 639. The Kier molecular flexibility index (Phi) is 3.17. The Balaban J connectivity index is 2.86. The Labute approximate surface area is 104 Å². The van der Waals surface area contributed by atoms with Gasteiger partial charge in [0.2, 0.25) is 0 Å². The van der Waals surface area contributed by atoms with Crippen molar-refractivity contribution < 1.29 is 14.6 Å². The van der Waals surface area contributed by atoms with E-state index >= 15 is 0 Å². The molecule has 0 aliphatic carbocycles. The number of fused-ring (bicyclic) bond motifs is 1. The van der Waals surface area contributed by atoms with Gasteiger partial charge < -0.3 is 15.2 Å². The zero-order valence-electron chi connectivity index (χ0n) is 8.63. The molecule has 0 saturated heterocycles. The minimum absolute atomic E-state index is 0.0226. The van der Waals surface area contributed by atoms with Crippen LogP contribution < -0.4 is 5.56 Å². The average Bonchev–Trinajstić information content (AvgIpc) is 2.30. The fraction of sp³-hybridized carbons (Fsp3) is 0.182. The van der Waals surface area contributed by atoms with Gasteiger partial charge in [0.1, 0.15) is 5.75 Å². The predicted molar refractivity (Wildman–Crippen MR) is 64.7 cm³/mol. The maximum atomic E-state index is 13.7. The van der Waals surface area contributed by atoms with Gasteiger partial charge in [0.25, 0.3) is 5.56 Å². The second kappa shape index (κ2) is 4.46. The van der Waals surface area contributed by atoms with E-state index in [2.05, 4.69) is 20.9 Å². The summed E-state index contributed by atoms with van der Waals surface area (Å²) in [5.74, 6) is -0.922. The molecule has 1 heterocycles. The summed E-state index contributed by atoms with van der Waals surface area (Å²) in [6, 6.07) is 2.94. The normalized spacial score (nSPS) is 11.0. The first-order valence-electron chi connectivity index (χ1n) is 4.89. The number of aliphatic hydroxyl groups is 1. The molecule has 0 aliphatic heterocycles. The number of halogens is 2. The van der Waals surface area contributed by atoms with E-state index < -0.39 is 11.4 Å². The van der Waals surface area contributed by atoms with Crippen LogP contribution >= 0.6 is 15.9 Å². The van der Waals surface area contributed by atoms with Gasteiger partial charge in [-0.25, -0.2) is 4.39 Å². The Morgan fingerprint density at radius 2 is 2.12 bits per heavy atom. The molecule has 0 aliphatic rings. The molecule has 0 saturated carbocycles. The van der Waals surface area contributed by atoms with Crippen LogP contribution in [0.3, 0.4) is 0 Å². The molecular formula is C11H9BrFNO3. The number of aliphatic hydroxyl groups excluding tert-OH is 1. The van der Waals surface area contributed by atoms with E-state index in [1.165, 1.54) is 12.1 Å². The smallest absolute Gasteiger partial charge is 0.255 e. The highest BCUT2D eigenvalue weighted by molar-refractivity contribution is 9.10. The number of hydrogen-bond donors (Lipinski definition) is 3. The fourth-order valence-corrected chi connectivity index (χ4v) is 2.00. The highest BCUT2D eigenvalue weighted by Crippen LogP contribution is 2.29. The number of pyridine rings is 1. The molecule has 1 aromatic carbocycles. The summed E-state index contributed by atoms with van der Waals surface area (Å²) in [6.07, 6.45) is 0.0226. The highest BCUT2D eigenvalue weighted by Gasteiger charge is 2.15. The van der Waals surface area contributed by atoms with Gasteiger partial charge in [0.05, 0.1) is 15.6 Å². The number of aromatic hydroxyl groups is 1. The van der Waals surface area contributed by atoms with Crippen LogP contribution in [-0.2, 0) is 6.42 Å². The lowest BCUT2D eigenvalue weighted by Crippen LogP contribution is -2.14. The van der Waals surface area contributed by atoms with Crippen molar-refractivity contribution in [1.29, 1.82) is 0 Å². The second-order valence-corrected chi connectivity index (χ2v) is 4.39. The molecular weight excluding hydrogens is 293 g/mol. The summed E-state index contributed by atoms with van der Waals surface area (Å²) in [6.45, 7) is -0.263. The number of benzene rings is 1. The molecule has 3 N–H and O–H groups in total. The van der Waals surface area contributed by atoms with Crippen molar-refractivity contribution in [3.63, 3.8) is 0 Å². The molecule has 90 valence electrons. The molecule has 17 heavy (non-hydrogen) atoms. The van der Waals surface area contributed by atoms with Crippen LogP contribution in [0, 0.1) is 5.82 Å². The van der Waals surface area contributed by atoms with Crippen molar-refractivity contribution in [1.82, 2.24) is 4.98 Å². The molecule has 0 fully saturated rings. The van der Waals surface area contributed by atoms with E-state index in [-0.39, 0.29) is 39.7 Å². The second-order valence-electron chi connectivity index (χ2n) is 3.54. The van der Waals surface area contributed by atoms with Gasteiger partial charge in [-0.1, -0.05) is 0 Å². The molecule has 2 rings (SSSR count). The van der Waals surface area contributed by atoms with Crippen molar-refractivity contribution in [3.8, 4) is 5.75 Å². The Hall–Kier alpha value is -1.40. The molecule has 0 amide bonds. The highest BCUT2D eigenvalue weighted by atomic mass is 79.9. The molecule has 0 radical (unpaired) electrons. The van der Waals surface area contributed by atoms with Crippen LogP contribution in [0.4, 0.5) is 4.39 Å². The first kappa shape index (κ1) is 12.1. The standard InChI is InChI=1S/C11H9BrFNO3/c12-7-2-1-5-9(8(7)13)14-11(17)6(3-4-15)10(5)16/h1-2,15H,3-4H2,(H2,14,16,17). The minimum Gasteiger partial charge on any atom is -0.507 e. The monoisotopic (exact) mass is 301 g/mol. The van der Waals surface area contributed by atoms with Gasteiger partial charge in [0, 0.05) is 18.4 Å². The van der Waals surface area contributed by atoms with Crippen LogP contribution in [0.25, 0.3) is 10.9 Å². The van der Waals surface area contributed by atoms with Gasteiger partial charge in [-0.2, -0.15) is 0 Å². The Morgan fingerprint density at radius 1 is 1.41 bits per heavy atom. The largest absolute Gasteiger partial charge is 0.507 e. The lowest BCUT2D eigenvalue weighted by atomic mass is 10.1. The van der Waals surface area contributed by atoms with Gasteiger partial charge in [0.15, 0.2) is 5.82 Å². The summed E-state index contributed by atoms with van der Waals surface area (Å²) in [4.78, 5) is 14.0. The Morgan fingerprint density at radius 3 is 2.76 bits per heavy atom. The van der Waals surface area contributed by atoms with Gasteiger partial charge >= 0.3 is 0 Å². The molecule has 0 atom stereocenters. The van der Waals surface area contributed by atoms with Gasteiger partial charge in [-0.3, -0.25) is 4.79 Å². The van der Waals surface area contributed by atoms with Crippen LogP contribution in [-0.4, -0.2) is 21.8 Å². The molecule has 0 spiro atoms. The third-order valence-corrected chi connectivity index (χ3v) is 3.12. The average molecular weight is 302 g/mol.